The van der Waals surface area contributed by atoms with E-state index in [9.17, 15) is 13.2 Å². The molecular formula is C16H24N2O5S. The SMILES string of the molecule is CCOc1ccccc1NC(=O)CN(CC1CCCO1)S(C)(=O)=O. The number of anilines is 1. The largest absolute Gasteiger partial charge is 0.492 e. The van der Waals surface area contributed by atoms with Crippen molar-refractivity contribution in [1.82, 2.24) is 4.31 Å². The maximum atomic E-state index is 12.3. The third-order valence-corrected chi connectivity index (χ3v) is 4.90. The van der Waals surface area contributed by atoms with E-state index in [0.717, 1.165) is 23.4 Å². The average molecular weight is 356 g/mol. The van der Waals surface area contributed by atoms with Gasteiger partial charge in [-0.2, -0.15) is 4.31 Å². The molecule has 0 spiro atoms. The van der Waals surface area contributed by atoms with Gasteiger partial charge >= 0.3 is 0 Å². The molecule has 1 N–H and O–H groups in total. The first-order chi connectivity index (χ1) is 11.4. The van der Waals surface area contributed by atoms with E-state index >= 15 is 0 Å². The highest BCUT2D eigenvalue weighted by Gasteiger charge is 2.26. The number of carbonyl (C=O) groups excluding carboxylic acids is 1. The topological polar surface area (TPSA) is 84.9 Å². The number of sulfonamides is 1. The Kier molecular flexibility index (Phi) is 6.59. The average Bonchev–Trinajstić information content (AvgIpc) is 3.01. The molecule has 1 saturated heterocycles. The standard InChI is InChI=1S/C16H24N2O5S/c1-3-22-15-9-5-4-8-14(15)17-16(19)12-18(24(2,20)21)11-13-7-6-10-23-13/h4-5,8-9,13H,3,6-7,10-12H2,1-2H3,(H,17,19). The number of amides is 1. The van der Waals surface area contributed by atoms with Gasteiger partial charge in [0, 0.05) is 13.2 Å². The molecule has 8 heteroatoms. The molecule has 1 aromatic rings. The molecule has 0 aliphatic carbocycles. The normalized spacial score (nSPS) is 17.9. The highest BCUT2D eigenvalue weighted by Crippen LogP contribution is 2.23. The van der Waals surface area contributed by atoms with Crippen LogP contribution in [0.1, 0.15) is 19.8 Å². The van der Waals surface area contributed by atoms with E-state index in [0.29, 0.717) is 24.7 Å². The van der Waals surface area contributed by atoms with Gasteiger partial charge in [0.05, 0.1) is 31.2 Å². The Hall–Kier alpha value is -1.64. The van der Waals surface area contributed by atoms with Crippen LogP contribution in [0.15, 0.2) is 24.3 Å². The van der Waals surface area contributed by atoms with Gasteiger partial charge in [0.1, 0.15) is 5.75 Å². The summed E-state index contributed by atoms with van der Waals surface area (Å²) in [4.78, 5) is 12.3. The summed E-state index contributed by atoms with van der Waals surface area (Å²) >= 11 is 0. The highest BCUT2D eigenvalue weighted by molar-refractivity contribution is 7.88. The first-order valence-electron chi connectivity index (χ1n) is 7.98. The second-order valence-corrected chi connectivity index (χ2v) is 7.65. The summed E-state index contributed by atoms with van der Waals surface area (Å²) in [7, 11) is -3.50. The van der Waals surface area contributed by atoms with Crippen molar-refractivity contribution in [2.45, 2.75) is 25.9 Å². The third kappa shape index (κ3) is 5.47. The molecule has 1 aliphatic heterocycles. The summed E-state index contributed by atoms with van der Waals surface area (Å²) in [6, 6.07) is 7.05. The van der Waals surface area contributed by atoms with Gasteiger partial charge in [-0.3, -0.25) is 4.79 Å². The fraction of sp³-hybridized carbons (Fsp3) is 0.562. The molecule has 7 nitrogen and oxygen atoms in total. The van der Waals surface area contributed by atoms with Crippen molar-refractivity contribution < 1.29 is 22.7 Å². The van der Waals surface area contributed by atoms with Gasteiger partial charge in [-0.05, 0) is 31.9 Å². The Balaban J connectivity index is 2.02. The molecule has 1 heterocycles. The van der Waals surface area contributed by atoms with Crippen LogP contribution in [-0.2, 0) is 19.6 Å². The zero-order chi connectivity index (χ0) is 17.6. The van der Waals surface area contributed by atoms with Crippen LogP contribution in [0, 0.1) is 0 Å². The second-order valence-electron chi connectivity index (χ2n) is 5.67. The van der Waals surface area contributed by atoms with E-state index in [2.05, 4.69) is 5.32 Å². The molecule has 0 saturated carbocycles. The summed E-state index contributed by atoms with van der Waals surface area (Å²) < 4.78 is 36.0. The number of hydrogen-bond donors (Lipinski definition) is 1. The molecule has 1 aromatic carbocycles. The lowest BCUT2D eigenvalue weighted by atomic mass is 10.2. The van der Waals surface area contributed by atoms with E-state index < -0.39 is 15.9 Å². The monoisotopic (exact) mass is 356 g/mol. The number of hydrogen-bond acceptors (Lipinski definition) is 5. The fourth-order valence-electron chi connectivity index (χ4n) is 2.53. The van der Waals surface area contributed by atoms with Crippen LogP contribution in [0.5, 0.6) is 5.75 Å². The van der Waals surface area contributed by atoms with Gasteiger partial charge in [0.25, 0.3) is 0 Å². The highest BCUT2D eigenvalue weighted by atomic mass is 32.2. The predicted molar refractivity (Wildman–Crippen MR) is 91.6 cm³/mol. The van der Waals surface area contributed by atoms with E-state index in [1.807, 2.05) is 6.92 Å². The van der Waals surface area contributed by atoms with E-state index in [1.165, 1.54) is 0 Å². The summed E-state index contributed by atoms with van der Waals surface area (Å²) in [5.74, 6) is 0.143. The van der Waals surface area contributed by atoms with Crippen LogP contribution in [0.3, 0.4) is 0 Å². The first kappa shape index (κ1) is 18.7. The van der Waals surface area contributed by atoms with Gasteiger partial charge in [-0.15, -0.1) is 0 Å². The fourth-order valence-corrected chi connectivity index (χ4v) is 3.32. The molecule has 0 bridgehead atoms. The Labute approximate surface area is 143 Å². The van der Waals surface area contributed by atoms with Gasteiger partial charge in [-0.25, -0.2) is 8.42 Å². The minimum atomic E-state index is -3.50. The number of nitrogens with zero attached hydrogens (tertiary/aromatic N) is 1. The van der Waals surface area contributed by atoms with E-state index in [1.54, 1.807) is 24.3 Å². The Morgan fingerprint density at radius 3 is 2.79 bits per heavy atom. The van der Waals surface area contributed by atoms with E-state index in [-0.39, 0.29) is 19.2 Å². The molecule has 2 rings (SSSR count). The van der Waals surface area contributed by atoms with Gasteiger partial charge in [0.2, 0.25) is 15.9 Å². The molecule has 1 atom stereocenters. The quantitative estimate of drug-likeness (QED) is 0.762. The summed E-state index contributed by atoms with van der Waals surface area (Å²) in [6.45, 7) is 2.90. The Morgan fingerprint density at radius 2 is 2.17 bits per heavy atom. The molecule has 1 amide bonds. The molecular weight excluding hydrogens is 332 g/mol. The molecule has 0 aromatic heterocycles. The zero-order valence-corrected chi connectivity index (χ0v) is 14.8. The van der Waals surface area contributed by atoms with Crippen LogP contribution in [0.4, 0.5) is 5.69 Å². The second kappa shape index (κ2) is 8.46. The molecule has 24 heavy (non-hydrogen) atoms. The smallest absolute Gasteiger partial charge is 0.239 e. The lowest BCUT2D eigenvalue weighted by molar-refractivity contribution is -0.116. The first-order valence-corrected chi connectivity index (χ1v) is 9.83. The van der Waals surface area contributed by atoms with Crippen molar-refractivity contribution in [3.63, 3.8) is 0 Å². The van der Waals surface area contributed by atoms with E-state index in [4.69, 9.17) is 9.47 Å². The number of benzene rings is 1. The lowest BCUT2D eigenvalue weighted by Crippen LogP contribution is -2.41. The third-order valence-electron chi connectivity index (χ3n) is 3.68. The molecule has 1 aliphatic rings. The van der Waals surface area contributed by atoms with Crippen molar-refractivity contribution in [3.05, 3.63) is 24.3 Å². The lowest BCUT2D eigenvalue weighted by Gasteiger charge is -2.22. The van der Waals surface area contributed by atoms with Crippen molar-refractivity contribution >= 4 is 21.6 Å². The van der Waals surface area contributed by atoms with Crippen molar-refractivity contribution in [2.75, 3.05) is 37.9 Å². The Morgan fingerprint density at radius 1 is 1.42 bits per heavy atom. The molecule has 0 radical (unpaired) electrons. The number of para-hydroxylation sites is 2. The van der Waals surface area contributed by atoms with Crippen molar-refractivity contribution in [1.29, 1.82) is 0 Å². The molecule has 1 fully saturated rings. The van der Waals surface area contributed by atoms with Crippen molar-refractivity contribution in [3.8, 4) is 5.75 Å². The number of ether oxygens (including phenoxy) is 2. The number of carbonyl (C=O) groups is 1. The number of rotatable bonds is 8. The summed E-state index contributed by atoms with van der Waals surface area (Å²) in [5, 5.41) is 2.71. The van der Waals surface area contributed by atoms with Crippen LogP contribution in [-0.4, -0.2) is 57.3 Å². The van der Waals surface area contributed by atoms with Gasteiger partial charge < -0.3 is 14.8 Å². The molecule has 1 unspecified atom stereocenters. The van der Waals surface area contributed by atoms with Crippen LogP contribution in [0.2, 0.25) is 0 Å². The van der Waals surface area contributed by atoms with Crippen LogP contribution < -0.4 is 10.1 Å². The Bertz CT molecular complexity index is 656. The van der Waals surface area contributed by atoms with Crippen LogP contribution in [0.25, 0.3) is 0 Å². The summed E-state index contributed by atoms with van der Waals surface area (Å²) in [5.41, 5.74) is 0.523. The van der Waals surface area contributed by atoms with Crippen LogP contribution >= 0.6 is 0 Å². The maximum absolute atomic E-state index is 12.3. The molecule has 134 valence electrons. The van der Waals surface area contributed by atoms with Gasteiger partial charge in [0.15, 0.2) is 0 Å². The minimum absolute atomic E-state index is 0.150. The number of nitrogens with one attached hydrogen (secondary N) is 1. The zero-order valence-electron chi connectivity index (χ0n) is 14.0. The maximum Gasteiger partial charge on any atom is 0.239 e. The van der Waals surface area contributed by atoms with Gasteiger partial charge in [-0.1, -0.05) is 12.1 Å². The minimum Gasteiger partial charge on any atom is -0.492 e. The summed E-state index contributed by atoms with van der Waals surface area (Å²) in [6.07, 6.45) is 2.67. The predicted octanol–water partition coefficient (Wildman–Crippen LogP) is 1.46. The van der Waals surface area contributed by atoms with Crippen molar-refractivity contribution in [2.24, 2.45) is 0 Å².